The number of thioether (sulfide) groups is 1. The number of rotatable bonds is 11. The molecule has 0 aliphatic carbocycles. The van der Waals surface area contributed by atoms with Crippen molar-refractivity contribution in [3.8, 4) is 0 Å². The fourth-order valence-corrected chi connectivity index (χ4v) is 4.90. The first-order valence-electron chi connectivity index (χ1n) is 11.4. The number of ketones is 1. The number of hydrogen-bond donors (Lipinski definition) is 1. The van der Waals surface area contributed by atoms with E-state index in [1.807, 2.05) is 32.3 Å². The second kappa shape index (κ2) is 11.5. The molecule has 3 rings (SSSR count). The molecule has 8 nitrogen and oxygen atoms in total. The molecule has 9 heteroatoms. The van der Waals surface area contributed by atoms with Crippen molar-refractivity contribution in [2.24, 2.45) is 0 Å². The summed E-state index contributed by atoms with van der Waals surface area (Å²) in [5.41, 5.74) is 3.26. The van der Waals surface area contributed by atoms with E-state index in [-0.39, 0.29) is 24.2 Å². The van der Waals surface area contributed by atoms with E-state index in [1.54, 1.807) is 20.8 Å². The second-order valence-electron chi connectivity index (χ2n) is 8.36. The smallest absolute Gasteiger partial charge is 0.340 e. The molecule has 0 bridgehead atoms. The maximum atomic E-state index is 13.1. The van der Waals surface area contributed by atoms with Crippen LogP contribution in [0.3, 0.4) is 0 Å². The lowest BCUT2D eigenvalue weighted by atomic mass is 10.1. The van der Waals surface area contributed by atoms with Crippen LogP contribution in [-0.4, -0.2) is 62.9 Å². The van der Waals surface area contributed by atoms with Gasteiger partial charge in [0.2, 0.25) is 0 Å². The molecule has 0 unspecified atom stereocenters. The van der Waals surface area contributed by atoms with Crippen LogP contribution in [0.2, 0.25) is 0 Å². The Kier molecular flexibility index (Phi) is 8.68. The monoisotopic (exact) mass is 483 g/mol. The van der Waals surface area contributed by atoms with Gasteiger partial charge in [-0.25, -0.2) is 4.79 Å². The largest absolute Gasteiger partial charge is 0.462 e. The van der Waals surface area contributed by atoms with Crippen molar-refractivity contribution in [2.45, 2.75) is 51.9 Å². The Balaban J connectivity index is 1.86. The molecule has 2 heterocycles. The van der Waals surface area contributed by atoms with Crippen LogP contribution in [0.1, 0.15) is 69.8 Å². The average Bonchev–Trinajstić information content (AvgIpc) is 3.33. The van der Waals surface area contributed by atoms with Crippen LogP contribution in [0.5, 0.6) is 0 Å². The Hall–Kier alpha value is -2.91. The van der Waals surface area contributed by atoms with Crippen molar-refractivity contribution in [1.29, 1.82) is 0 Å². The van der Waals surface area contributed by atoms with E-state index in [0.29, 0.717) is 34.2 Å². The summed E-state index contributed by atoms with van der Waals surface area (Å²) in [5.74, 6) is 0.538. The molecule has 0 aliphatic heterocycles. The standard InChI is InChI=1S/C25H33N5O3S/c1-7-19(29(5)6)23-27-28-25(30(23)14-18-12-10-9-11-13-18)34-15-20(31)22-16(3)21(17(4)26-22)24(32)33-8-2/h9-13,19,26H,7-8,14-15H2,1-6H3/t19-/m1/s1. The molecule has 0 saturated heterocycles. The number of esters is 1. The molecule has 3 aromatic rings. The Bertz CT molecular complexity index is 1140. The maximum Gasteiger partial charge on any atom is 0.340 e. The third-order valence-corrected chi connectivity index (χ3v) is 6.73. The number of carbonyl (C=O) groups is 2. The first-order chi connectivity index (χ1) is 16.3. The zero-order valence-electron chi connectivity index (χ0n) is 20.7. The highest BCUT2D eigenvalue weighted by Crippen LogP contribution is 2.27. The van der Waals surface area contributed by atoms with Gasteiger partial charge < -0.3 is 14.3 Å². The van der Waals surface area contributed by atoms with Crippen molar-refractivity contribution in [2.75, 3.05) is 26.5 Å². The molecule has 0 aliphatic rings. The van der Waals surface area contributed by atoms with Gasteiger partial charge in [0.05, 0.1) is 36.2 Å². The predicted octanol–water partition coefficient (Wildman–Crippen LogP) is 4.44. The number of nitrogens with one attached hydrogen (secondary N) is 1. The number of hydrogen-bond acceptors (Lipinski definition) is 7. The van der Waals surface area contributed by atoms with Crippen molar-refractivity contribution in [1.82, 2.24) is 24.6 Å². The van der Waals surface area contributed by atoms with Crippen molar-refractivity contribution >= 4 is 23.5 Å². The van der Waals surface area contributed by atoms with Crippen LogP contribution in [0.25, 0.3) is 0 Å². The van der Waals surface area contributed by atoms with Gasteiger partial charge in [-0.1, -0.05) is 49.0 Å². The number of H-pyrrole nitrogens is 1. The third kappa shape index (κ3) is 5.59. The van der Waals surface area contributed by atoms with Crippen LogP contribution >= 0.6 is 11.8 Å². The summed E-state index contributed by atoms with van der Waals surface area (Å²) < 4.78 is 7.23. The van der Waals surface area contributed by atoms with E-state index in [1.165, 1.54) is 11.8 Å². The number of Topliss-reactive ketones (excluding diaryl/α,β-unsaturated/α-hetero) is 1. The minimum absolute atomic E-state index is 0.100. The normalized spacial score (nSPS) is 12.2. The van der Waals surface area contributed by atoms with Gasteiger partial charge in [-0.2, -0.15) is 0 Å². The number of aromatic nitrogens is 4. The van der Waals surface area contributed by atoms with Crippen LogP contribution < -0.4 is 0 Å². The summed E-state index contributed by atoms with van der Waals surface area (Å²) >= 11 is 1.36. The lowest BCUT2D eigenvalue weighted by Gasteiger charge is -2.23. The van der Waals surface area contributed by atoms with Gasteiger partial charge in [-0.05, 0) is 52.4 Å². The second-order valence-corrected chi connectivity index (χ2v) is 9.30. The number of nitrogens with zero attached hydrogens (tertiary/aromatic N) is 4. The predicted molar refractivity (Wildman–Crippen MR) is 134 cm³/mol. The molecule has 1 N–H and O–H groups in total. The highest BCUT2D eigenvalue weighted by atomic mass is 32.2. The molecule has 0 radical (unpaired) electrons. The van der Waals surface area contributed by atoms with Gasteiger partial charge in [0.1, 0.15) is 0 Å². The van der Waals surface area contributed by atoms with Crippen LogP contribution in [0.4, 0.5) is 0 Å². The molecule has 34 heavy (non-hydrogen) atoms. The highest BCUT2D eigenvalue weighted by molar-refractivity contribution is 7.99. The fraction of sp³-hybridized carbons (Fsp3) is 0.440. The van der Waals surface area contributed by atoms with Gasteiger partial charge in [-0.15, -0.1) is 10.2 Å². The molecule has 0 amide bonds. The Morgan fingerprint density at radius 2 is 1.85 bits per heavy atom. The lowest BCUT2D eigenvalue weighted by Crippen LogP contribution is -2.23. The minimum Gasteiger partial charge on any atom is -0.462 e. The van der Waals surface area contributed by atoms with Gasteiger partial charge in [0.15, 0.2) is 16.8 Å². The number of carbonyl (C=O) groups excluding carboxylic acids is 2. The van der Waals surface area contributed by atoms with E-state index in [4.69, 9.17) is 4.74 Å². The van der Waals surface area contributed by atoms with Crippen LogP contribution in [-0.2, 0) is 11.3 Å². The SMILES string of the molecule is CCOC(=O)c1c(C)[nH]c(C(=O)CSc2nnc([C@@H](CC)N(C)C)n2Cc2ccccc2)c1C. The first-order valence-corrected chi connectivity index (χ1v) is 12.4. The summed E-state index contributed by atoms with van der Waals surface area (Å²) in [6.45, 7) is 8.34. The molecule has 1 atom stereocenters. The fourth-order valence-electron chi connectivity index (χ4n) is 4.09. The van der Waals surface area contributed by atoms with Gasteiger partial charge in [0, 0.05) is 5.69 Å². The summed E-state index contributed by atoms with van der Waals surface area (Å²) in [5, 5.41) is 9.64. The van der Waals surface area contributed by atoms with Crippen molar-refractivity contribution < 1.29 is 14.3 Å². The van der Waals surface area contributed by atoms with E-state index in [9.17, 15) is 9.59 Å². The number of aromatic amines is 1. The molecule has 182 valence electrons. The zero-order chi connectivity index (χ0) is 24.8. The Morgan fingerprint density at radius 3 is 2.47 bits per heavy atom. The van der Waals surface area contributed by atoms with E-state index >= 15 is 0 Å². The number of benzene rings is 1. The molecular formula is C25H33N5O3S. The number of aryl methyl sites for hydroxylation is 1. The van der Waals surface area contributed by atoms with Gasteiger partial charge in [0.25, 0.3) is 0 Å². The molecule has 0 saturated carbocycles. The van der Waals surface area contributed by atoms with E-state index < -0.39 is 5.97 Å². The molecule has 0 fully saturated rings. The zero-order valence-corrected chi connectivity index (χ0v) is 21.5. The van der Waals surface area contributed by atoms with E-state index in [0.717, 1.165) is 17.8 Å². The van der Waals surface area contributed by atoms with Crippen molar-refractivity contribution in [3.63, 3.8) is 0 Å². The van der Waals surface area contributed by atoms with Crippen LogP contribution in [0, 0.1) is 13.8 Å². The van der Waals surface area contributed by atoms with Gasteiger partial charge in [-0.3, -0.25) is 9.69 Å². The summed E-state index contributed by atoms with van der Waals surface area (Å²) in [4.78, 5) is 30.6. The first kappa shape index (κ1) is 25.7. The molecule has 2 aromatic heterocycles. The van der Waals surface area contributed by atoms with Gasteiger partial charge >= 0.3 is 5.97 Å². The summed E-state index contributed by atoms with van der Waals surface area (Å²) in [6, 6.07) is 10.3. The van der Waals surface area contributed by atoms with Crippen LogP contribution in [0.15, 0.2) is 35.5 Å². The average molecular weight is 484 g/mol. The topological polar surface area (TPSA) is 93.1 Å². The molecule has 1 aromatic carbocycles. The molecular weight excluding hydrogens is 450 g/mol. The third-order valence-electron chi connectivity index (χ3n) is 5.77. The highest BCUT2D eigenvalue weighted by Gasteiger charge is 2.25. The maximum absolute atomic E-state index is 13.1. The number of ether oxygens (including phenoxy) is 1. The minimum atomic E-state index is -0.415. The van der Waals surface area contributed by atoms with Crippen molar-refractivity contribution in [3.05, 3.63) is 64.2 Å². The molecule has 0 spiro atoms. The summed E-state index contributed by atoms with van der Waals surface area (Å²) in [7, 11) is 4.06. The Morgan fingerprint density at radius 1 is 1.15 bits per heavy atom. The lowest BCUT2D eigenvalue weighted by molar-refractivity contribution is 0.0525. The Labute approximate surface area is 205 Å². The van der Waals surface area contributed by atoms with E-state index in [2.05, 4.69) is 43.7 Å². The summed E-state index contributed by atoms with van der Waals surface area (Å²) in [6.07, 6.45) is 0.890. The quantitative estimate of drug-likeness (QED) is 0.245.